The number of amidine groups is 1. The van der Waals surface area contributed by atoms with E-state index in [0.29, 0.717) is 0 Å². The van der Waals surface area contributed by atoms with E-state index in [-0.39, 0.29) is 0 Å². The number of rotatable bonds is 1. The van der Waals surface area contributed by atoms with E-state index in [9.17, 15) is 9.59 Å². The first-order valence-corrected chi connectivity index (χ1v) is 1.68. The Morgan fingerprint density at radius 3 is 2.62 bits per heavy atom. The Hall–Kier alpha value is -1.50. The topological polar surface area (TPSA) is 70.3 Å². The highest BCUT2D eigenvalue weighted by atomic mass is 16.1. The Labute approximate surface area is 45.0 Å². The summed E-state index contributed by atoms with van der Waals surface area (Å²) < 4.78 is 0. The van der Waals surface area contributed by atoms with Crippen LogP contribution in [0, 0.1) is 5.41 Å². The molecule has 8 heavy (non-hydrogen) atoms. The zero-order valence-electron chi connectivity index (χ0n) is 3.84. The van der Waals surface area contributed by atoms with E-state index in [1.54, 1.807) is 0 Å². The summed E-state index contributed by atoms with van der Waals surface area (Å²) in [6.45, 7) is 0. The van der Waals surface area contributed by atoms with Crippen LogP contribution in [0.15, 0.2) is 11.1 Å². The van der Waals surface area contributed by atoms with Crippen molar-refractivity contribution in [2.45, 2.75) is 0 Å². The van der Waals surface area contributed by atoms with Crippen molar-refractivity contribution in [1.29, 1.82) is 5.41 Å². The van der Waals surface area contributed by atoms with Gasteiger partial charge in [0.2, 0.25) is 6.08 Å². The van der Waals surface area contributed by atoms with Crippen LogP contribution in [0.4, 0.5) is 0 Å². The van der Waals surface area contributed by atoms with Crippen molar-refractivity contribution >= 4 is 17.9 Å². The maximum absolute atomic E-state index is 9.38. The molecule has 0 aliphatic rings. The van der Waals surface area contributed by atoms with Gasteiger partial charge in [-0.2, -0.15) is 0 Å². The Morgan fingerprint density at radius 2 is 2.25 bits per heavy atom. The second kappa shape index (κ2) is 3.68. The normalized spacial score (nSPS) is 6.00. The molecule has 0 bridgehead atoms. The SMILES string of the molecule is N=C(C=C=O)N=C=O. The molecule has 0 aliphatic carbocycles. The van der Waals surface area contributed by atoms with Crippen molar-refractivity contribution in [2.24, 2.45) is 4.99 Å². The van der Waals surface area contributed by atoms with Crippen molar-refractivity contribution < 1.29 is 9.59 Å². The fraction of sp³-hybridized carbons (Fsp3) is 0. The highest BCUT2D eigenvalue weighted by molar-refractivity contribution is 5.99. The van der Waals surface area contributed by atoms with Crippen LogP contribution in [0.2, 0.25) is 0 Å². The van der Waals surface area contributed by atoms with E-state index in [1.807, 2.05) is 0 Å². The van der Waals surface area contributed by atoms with E-state index in [1.165, 1.54) is 5.94 Å². The minimum atomic E-state index is -0.435. The molecule has 0 unspecified atom stereocenters. The Morgan fingerprint density at radius 1 is 1.62 bits per heavy atom. The predicted molar refractivity (Wildman–Crippen MR) is 26.1 cm³/mol. The minimum Gasteiger partial charge on any atom is -0.282 e. The van der Waals surface area contributed by atoms with E-state index in [0.717, 1.165) is 12.2 Å². The van der Waals surface area contributed by atoms with Gasteiger partial charge >= 0.3 is 0 Å². The fourth-order valence-electron chi connectivity index (χ4n) is 0.137. The van der Waals surface area contributed by atoms with Crippen LogP contribution >= 0.6 is 0 Å². The fourth-order valence-corrected chi connectivity index (χ4v) is 0.137. The minimum absolute atomic E-state index is 0.435. The van der Waals surface area contributed by atoms with Crippen LogP contribution in [-0.4, -0.2) is 17.9 Å². The lowest BCUT2D eigenvalue weighted by Gasteiger charge is -1.69. The third kappa shape index (κ3) is 2.72. The van der Waals surface area contributed by atoms with Gasteiger partial charge in [0.1, 0.15) is 5.94 Å². The van der Waals surface area contributed by atoms with E-state index in [2.05, 4.69) is 4.99 Å². The molecule has 0 heterocycles. The number of nitrogens with zero attached hydrogens (tertiary/aromatic N) is 1. The Kier molecular flexibility index (Phi) is 2.99. The molecule has 0 saturated heterocycles. The first-order chi connectivity index (χ1) is 3.81. The van der Waals surface area contributed by atoms with Gasteiger partial charge in [0.05, 0.1) is 6.08 Å². The van der Waals surface area contributed by atoms with Gasteiger partial charge in [0.25, 0.3) is 0 Å². The smallest absolute Gasteiger partial charge is 0.242 e. The maximum atomic E-state index is 9.38. The van der Waals surface area contributed by atoms with Crippen LogP contribution in [0.25, 0.3) is 0 Å². The summed E-state index contributed by atoms with van der Waals surface area (Å²) >= 11 is 0. The second-order valence-electron chi connectivity index (χ2n) is 0.851. The number of aliphatic imine (C=N–C) groups is 1. The standard InChI is InChI=1S/C4H2N2O2/c5-4(1-2-7)6-3-8/h1,5H. The van der Waals surface area contributed by atoms with Gasteiger partial charge in [0, 0.05) is 0 Å². The molecular weight excluding hydrogens is 108 g/mol. The van der Waals surface area contributed by atoms with Crippen LogP contribution < -0.4 is 0 Å². The lowest BCUT2D eigenvalue weighted by molar-refractivity contribution is 0.565. The number of carbonyl (C=O) groups excluding carboxylic acids is 2. The molecule has 0 aromatic rings. The molecule has 0 aromatic heterocycles. The van der Waals surface area contributed by atoms with E-state index >= 15 is 0 Å². The molecule has 0 amide bonds. The monoisotopic (exact) mass is 110 g/mol. The third-order valence-corrected chi connectivity index (χ3v) is 0.362. The molecule has 4 heteroatoms. The molecule has 0 fully saturated rings. The summed E-state index contributed by atoms with van der Waals surface area (Å²) in [5.74, 6) is 0.845. The van der Waals surface area contributed by atoms with Gasteiger partial charge in [-0.15, -0.1) is 4.99 Å². The molecule has 0 atom stereocenters. The molecule has 1 N–H and O–H groups in total. The van der Waals surface area contributed by atoms with Gasteiger partial charge in [-0.05, 0) is 0 Å². The Balaban J connectivity index is 4.04. The van der Waals surface area contributed by atoms with Crippen molar-refractivity contribution in [1.82, 2.24) is 0 Å². The van der Waals surface area contributed by atoms with Crippen molar-refractivity contribution in [2.75, 3.05) is 0 Å². The lowest BCUT2D eigenvalue weighted by Crippen LogP contribution is -1.81. The van der Waals surface area contributed by atoms with Crippen LogP contribution in [-0.2, 0) is 9.59 Å². The lowest BCUT2D eigenvalue weighted by atomic mass is 10.6. The van der Waals surface area contributed by atoms with Gasteiger partial charge < -0.3 is 0 Å². The van der Waals surface area contributed by atoms with Crippen molar-refractivity contribution in [3.63, 3.8) is 0 Å². The largest absolute Gasteiger partial charge is 0.282 e. The summed E-state index contributed by atoms with van der Waals surface area (Å²) in [5.41, 5.74) is 0. The molecule has 0 aromatic carbocycles. The van der Waals surface area contributed by atoms with E-state index in [4.69, 9.17) is 5.41 Å². The molecule has 0 rings (SSSR count). The first kappa shape index (κ1) is 6.50. The predicted octanol–water partition coefficient (Wildman–Crippen LogP) is -0.313. The number of hydrogen-bond donors (Lipinski definition) is 1. The molecular formula is C4H2N2O2. The first-order valence-electron chi connectivity index (χ1n) is 1.68. The van der Waals surface area contributed by atoms with Crippen LogP contribution in [0.3, 0.4) is 0 Å². The summed E-state index contributed by atoms with van der Waals surface area (Å²) in [6, 6.07) is 0. The Bertz CT molecular complexity index is 164. The molecule has 0 radical (unpaired) electrons. The van der Waals surface area contributed by atoms with Crippen molar-refractivity contribution in [3.05, 3.63) is 6.08 Å². The van der Waals surface area contributed by atoms with Gasteiger partial charge in [-0.3, -0.25) is 5.41 Å². The van der Waals surface area contributed by atoms with Crippen molar-refractivity contribution in [3.8, 4) is 0 Å². The number of hydrogen-bond acceptors (Lipinski definition) is 3. The van der Waals surface area contributed by atoms with Gasteiger partial charge in [-0.1, -0.05) is 0 Å². The van der Waals surface area contributed by atoms with Crippen LogP contribution in [0.5, 0.6) is 0 Å². The molecule has 0 saturated carbocycles. The summed E-state index contributed by atoms with van der Waals surface area (Å²) in [6.07, 6.45) is 1.82. The zero-order valence-corrected chi connectivity index (χ0v) is 3.84. The number of nitrogens with one attached hydrogen (secondary N) is 1. The van der Waals surface area contributed by atoms with E-state index < -0.39 is 5.84 Å². The number of isocyanates is 1. The molecule has 40 valence electrons. The zero-order chi connectivity index (χ0) is 6.41. The second-order valence-corrected chi connectivity index (χ2v) is 0.851. The van der Waals surface area contributed by atoms with Gasteiger partial charge in [-0.25, -0.2) is 9.59 Å². The van der Waals surface area contributed by atoms with Crippen LogP contribution in [0.1, 0.15) is 0 Å². The molecule has 0 aliphatic heterocycles. The summed E-state index contributed by atoms with van der Waals surface area (Å²) in [5, 5.41) is 6.54. The van der Waals surface area contributed by atoms with Gasteiger partial charge in [0.15, 0.2) is 5.84 Å². The average Bonchev–Trinajstić information content (AvgIpc) is 1.68. The highest BCUT2D eigenvalue weighted by Crippen LogP contribution is 1.68. The maximum Gasteiger partial charge on any atom is 0.242 e. The molecule has 4 nitrogen and oxygen atoms in total. The summed E-state index contributed by atoms with van der Waals surface area (Å²) in [7, 11) is 0. The average molecular weight is 110 g/mol. The highest BCUT2D eigenvalue weighted by Gasteiger charge is 1.79. The third-order valence-electron chi connectivity index (χ3n) is 0.362. The quantitative estimate of drug-likeness (QED) is 0.217. The summed E-state index contributed by atoms with van der Waals surface area (Å²) in [4.78, 5) is 21.5. The molecule has 0 spiro atoms.